The molecule has 4 nitrogen and oxygen atoms in total. The highest BCUT2D eigenvalue weighted by Crippen LogP contribution is 2.19. The zero-order valence-corrected chi connectivity index (χ0v) is 13.8. The predicted molar refractivity (Wildman–Crippen MR) is 92.4 cm³/mol. The fraction of sp³-hybridized carbons (Fsp3) is 0.316. The zero-order chi connectivity index (χ0) is 16.7. The Hall–Kier alpha value is -2.49. The topological polar surface area (TPSA) is 47.6 Å². The molecule has 0 aliphatic heterocycles. The van der Waals surface area contributed by atoms with E-state index in [2.05, 4.69) is 12.2 Å². The van der Waals surface area contributed by atoms with Crippen molar-refractivity contribution in [1.82, 2.24) is 0 Å². The third-order valence-corrected chi connectivity index (χ3v) is 3.45. The van der Waals surface area contributed by atoms with E-state index in [1.807, 2.05) is 38.1 Å². The summed E-state index contributed by atoms with van der Waals surface area (Å²) in [5, 5.41) is 2.87. The van der Waals surface area contributed by atoms with E-state index in [1.165, 1.54) is 0 Å². The predicted octanol–water partition coefficient (Wildman–Crippen LogP) is 4.51. The van der Waals surface area contributed by atoms with Gasteiger partial charge in [-0.1, -0.05) is 6.92 Å². The van der Waals surface area contributed by atoms with Crippen LogP contribution in [-0.4, -0.2) is 18.6 Å². The van der Waals surface area contributed by atoms with Crippen LogP contribution in [0.5, 0.6) is 11.5 Å². The molecule has 2 rings (SSSR count). The van der Waals surface area contributed by atoms with Gasteiger partial charge < -0.3 is 14.8 Å². The lowest BCUT2D eigenvalue weighted by atomic mass is 10.2. The van der Waals surface area contributed by atoms with Gasteiger partial charge in [-0.15, -0.1) is 0 Å². The van der Waals surface area contributed by atoms with E-state index in [-0.39, 0.29) is 12.0 Å². The van der Waals surface area contributed by atoms with Gasteiger partial charge in [0.25, 0.3) is 5.91 Å². The third-order valence-electron chi connectivity index (χ3n) is 3.45. The number of nitrogens with one attached hydrogen (secondary N) is 1. The number of anilines is 1. The Morgan fingerprint density at radius 1 is 1.00 bits per heavy atom. The zero-order valence-electron chi connectivity index (χ0n) is 13.8. The average Bonchev–Trinajstić information content (AvgIpc) is 2.57. The van der Waals surface area contributed by atoms with Crippen molar-refractivity contribution in [2.24, 2.45) is 0 Å². The van der Waals surface area contributed by atoms with Crippen molar-refractivity contribution in [3.8, 4) is 11.5 Å². The van der Waals surface area contributed by atoms with Crippen LogP contribution in [0.2, 0.25) is 0 Å². The van der Waals surface area contributed by atoms with E-state index >= 15 is 0 Å². The summed E-state index contributed by atoms with van der Waals surface area (Å²) >= 11 is 0. The van der Waals surface area contributed by atoms with Gasteiger partial charge in [0.15, 0.2) is 0 Å². The lowest BCUT2D eigenvalue weighted by Crippen LogP contribution is -2.12. The van der Waals surface area contributed by atoms with E-state index in [9.17, 15) is 4.79 Å². The Labute approximate surface area is 137 Å². The number of benzene rings is 2. The second kappa shape index (κ2) is 8.22. The van der Waals surface area contributed by atoms with Crippen molar-refractivity contribution >= 4 is 11.6 Å². The molecular formula is C19H23NO3. The summed E-state index contributed by atoms with van der Waals surface area (Å²) < 4.78 is 11.1. The van der Waals surface area contributed by atoms with Crippen LogP contribution in [0.4, 0.5) is 5.69 Å². The molecule has 4 heteroatoms. The van der Waals surface area contributed by atoms with Gasteiger partial charge in [0.1, 0.15) is 11.5 Å². The first-order valence-electron chi connectivity index (χ1n) is 7.93. The van der Waals surface area contributed by atoms with Crippen LogP contribution in [0.1, 0.15) is 37.6 Å². The molecule has 2 aromatic carbocycles. The van der Waals surface area contributed by atoms with Crippen LogP contribution in [0.25, 0.3) is 0 Å². The Balaban J connectivity index is 1.96. The average molecular weight is 313 g/mol. The van der Waals surface area contributed by atoms with Crippen LogP contribution in [0.3, 0.4) is 0 Å². The fourth-order valence-corrected chi connectivity index (χ4v) is 2.00. The van der Waals surface area contributed by atoms with E-state index < -0.39 is 0 Å². The summed E-state index contributed by atoms with van der Waals surface area (Å²) in [4.78, 5) is 12.2. The van der Waals surface area contributed by atoms with Crippen LogP contribution < -0.4 is 14.8 Å². The highest BCUT2D eigenvalue weighted by atomic mass is 16.5. The number of hydrogen-bond acceptors (Lipinski definition) is 3. The second-order valence-corrected chi connectivity index (χ2v) is 5.27. The van der Waals surface area contributed by atoms with Crippen molar-refractivity contribution in [3.63, 3.8) is 0 Å². The monoisotopic (exact) mass is 313 g/mol. The lowest BCUT2D eigenvalue weighted by Gasteiger charge is -2.13. The number of carbonyl (C=O) groups is 1. The maximum Gasteiger partial charge on any atom is 0.255 e. The van der Waals surface area contributed by atoms with Gasteiger partial charge in [-0.2, -0.15) is 0 Å². The molecule has 122 valence electrons. The second-order valence-electron chi connectivity index (χ2n) is 5.27. The molecule has 0 aliphatic rings. The first-order chi connectivity index (χ1) is 11.1. The van der Waals surface area contributed by atoms with Gasteiger partial charge >= 0.3 is 0 Å². The Morgan fingerprint density at radius 2 is 1.61 bits per heavy atom. The van der Waals surface area contributed by atoms with Crippen LogP contribution >= 0.6 is 0 Å². The van der Waals surface area contributed by atoms with Crippen molar-refractivity contribution in [1.29, 1.82) is 0 Å². The SMILES string of the molecule is CCOc1ccc(C(=O)Nc2ccc(OC(C)CC)cc2)cc1. The Bertz CT molecular complexity index is 620. The van der Waals surface area contributed by atoms with Crippen LogP contribution in [0, 0.1) is 0 Å². The van der Waals surface area contributed by atoms with Crippen molar-refractivity contribution in [2.75, 3.05) is 11.9 Å². The van der Waals surface area contributed by atoms with Crippen LogP contribution in [-0.2, 0) is 0 Å². The molecule has 0 aromatic heterocycles. The highest BCUT2D eigenvalue weighted by molar-refractivity contribution is 6.04. The smallest absolute Gasteiger partial charge is 0.255 e. The molecule has 0 fully saturated rings. The molecule has 1 amide bonds. The maximum atomic E-state index is 12.2. The minimum Gasteiger partial charge on any atom is -0.494 e. The molecule has 1 atom stereocenters. The minimum absolute atomic E-state index is 0.149. The minimum atomic E-state index is -0.149. The number of rotatable bonds is 7. The molecule has 0 saturated carbocycles. The molecule has 0 bridgehead atoms. The van der Waals surface area contributed by atoms with Crippen molar-refractivity contribution in [2.45, 2.75) is 33.3 Å². The molecule has 0 aliphatic carbocycles. The molecule has 0 radical (unpaired) electrons. The highest BCUT2D eigenvalue weighted by Gasteiger charge is 2.07. The molecule has 1 N–H and O–H groups in total. The van der Waals surface area contributed by atoms with Crippen molar-refractivity contribution < 1.29 is 14.3 Å². The molecular weight excluding hydrogens is 290 g/mol. The number of amides is 1. The number of carbonyl (C=O) groups excluding carboxylic acids is 1. The Kier molecular flexibility index (Phi) is 6.03. The lowest BCUT2D eigenvalue weighted by molar-refractivity contribution is 0.102. The number of hydrogen-bond donors (Lipinski definition) is 1. The summed E-state index contributed by atoms with van der Waals surface area (Å²) in [7, 11) is 0. The fourth-order valence-electron chi connectivity index (χ4n) is 2.00. The molecule has 0 heterocycles. The summed E-state index contributed by atoms with van der Waals surface area (Å²) in [6.07, 6.45) is 1.13. The maximum absolute atomic E-state index is 12.2. The summed E-state index contributed by atoms with van der Waals surface area (Å²) in [6, 6.07) is 14.5. The third kappa shape index (κ3) is 5.02. The molecule has 1 unspecified atom stereocenters. The Morgan fingerprint density at radius 3 is 2.17 bits per heavy atom. The van der Waals surface area contributed by atoms with Crippen LogP contribution in [0.15, 0.2) is 48.5 Å². The largest absolute Gasteiger partial charge is 0.494 e. The van der Waals surface area contributed by atoms with Gasteiger partial charge in [-0.25, -0.2) is 0 Å². The molecule has 2 aromatic rings. The van der Waals surface area contributed by atoms with E-state index in [1.54, 1.807) is 24.3 Å². The van der Waals surface area contributed by atoms with Gasteiger partial charge in [-0.05, 0) is 68.8 Å². The standard InChI is InChI=1S/C19H23NO3/c1-4-14(3)23-18-12-8-16(9-13-18)20-19(21)15-6-10-17(11-7-15)22-5-2/h6-14H,4-5H2,1-3H3,(H,20,21). The normalized spacial score (nSPS) is 11.6. The van der Waals surface area contributed by atoms with Gasteiger partial charge in [0.2, 0.25) is 0 Å². The van der Waals surface area contributed by atoms with Gasteiger partial charge in [0, 0.05) is 11.3 Å². The van der Waals surface area contributed by atoms with Gasteiger partial charge in [-0.3, -0.25) is 4.79 Å². The first-order valence-corrected chi connectivity index (χ1v) is 7.93. The first kappa shape index (κ1) is 16.9. The summed E-state index contributed by atoms with van der Waals surface area (Å²) in [5.74, 6) is 1.41. The molecule has 23 heavy (non-hydrogen) atoms. The summed E-state index contributed by atoms with van der Waals surface area (Å²) in [5.41, 5.74) is 1.33. The van der Waals surface area contributed by atoms with Crippen molar-refractivity contribution in [3.05, 3.63) is 54.1 Å². The van der Waals surface area contributed by atoms with E-state index in [0.29, 0.717) is 12.2 Å². The molecule has 0 saturated heterocycles. The molecule has 0 spiro atoms. The van der Waals surface area contributed by atoms with E-state index in [4.69, 9.17) is 9.47 Å². The summed E-state index contributed by atoms with van der Waals surface area (Å²) in [6.45, 7) is 6.64. The van der Waals surface area contributed by atoms with E-state index in [0.717, 1.165) is 23.6 Å². The van der Waals surface area contributed by atoms with Gasteiger partial charge in [0.05, 0.1) is 12.7 Å². The number of ether oxygens (including phenoxy) is 2. The quantitative estimate of drug-likeness (QED) is 0.818.